The second kappa shape index (κ2) is 9.09. The third-order valence-electron chi connectivity index (χ3n) is 6.54. The summed E-state index contributed by atoms with van der Waals surface area (Å²) in [6.45, 7) is 3.34. The SMILES string of the molecule is NC(=O)C1CCN(CCOC2CCC3C(=O)C(c4ccccc4)=COC3C2)CC1. The Kier molecular flexibility index (Phi) is 6.31. The van der Waals surface area contributed by atoms with Crippen molar-refractivity contribution in [3.63, 3.8) is 0 Å². The zero-order valence-electron chi connectivity index (χ0n) is 16.8. The molecule has 2 heterocycles. The first kappa shape index (κ1) is 20.1. The van der Waals surface area contributed by atoms with Crippen molar-refractivity contribution < 1.29 is 19.1 Å². The number of Topliss-reactive ketones (excluding diaryl/α,β-unsaturated/α-hetero) is 1. The Morgan fingerprint density at radius 3 is 2.62 bits per heavy atom. The first-order chi connectivity index (χ1) is 14.1. The number of likely N-dealkylation sites (tertiary alicyclic amines) is 1. The van der Waals surface area contributed by atoms with Crippen molar-refractivity contribution >= 4 is 17.3 Å². The quantitative estimate of drug-likeness (QED) is 0.796. The molecule has 1 aromatic carbocycles. The number of allylic oxidation sites excluding steroid dienone is 1. The lowest BCUT2D eigenvalue weighted by atomic mass is 9.78. The highest BCUT2D eigenvalue weighted by Crippen LogP contribution is 2.37. The molecule has 6 heteroatoms. The van der Waals surface area contributed by atoms with Crippen LogP contribution in [0.15, 0.2) is 36.6 Å². The Bertz CT molecular complexity index is 755. The predicted molar refractivity (Wildman–Crippen MR) is 110 cm³/mol. The third kappa shape index (κ3) is 4.70. The van der Waals surface area contributed by atoms with E-state index in [0.29, 0.717) is 12.2 Å². The number of hydrogen-bond acceptors (Lipinski definition) is 5. The number of benzene rings is 1. The molecule has 29 heavy (non-hydrogen) atoms. The Balaban J connectivity index is 1.23. The molecule has 0 aromatic heterocycles. The van der Waals surface area contributed by atoms with Gasteiger partial charge in [-0.3, -0.25) is 9.59 Å². The van der Waals surface area contributed by atoms with Gasteiger partial charge in [0.2, 0.25) is 5.91 Å². The van der Waals surface area contributed by atoms with Crippen LogP contribution in [0.1, 0.15) is 37.7 Å². The monoisotopic (exact) mass is 398 g/mol. The number of rotatable bonds is 6. The molecule has 3 atom stereocenters. The van der Waals surface area contributed by atoms with E-state index in [1.807, 2.05) is 30.3 Å². The van der Waals surface area contributed by atoms with Gasteiger partial charge in [-0.2, -0.15) is 0 Å². The van der Waals surface area contributed by atoms with Crippen molar-refractivity contribution in [2.75, 3.05) is 26.2 Å². The van der Waals surface area contributed by atoms with Crippen LogP contribution in [0.2, 0.25) is 0 Å². The highest BCUT2D eigenvalue weighted by molar-refractivity contribution is 6.22. The number of ether oxygens (including phenoxy) is 2. The van der Waals surface area contributed by atoms with Crippen LogP contribution in [0.5, 0.6) is 0 Å². The van der Waals surface area contributed by atoms with Crippen LogP contribution in [-0.2, 0) is 19.1 Å². The Morgan fingerprint density at radius 1 is 1.14 bits per heavy atom. The summed E-state index contributed by atoms with van der Waals surface area (Å²) >= 11 is 0. The molecule has 3 aliphatic rings. The van der Waals surface area contributed by atoms with E-state index in [1.165, 1.54) is 0 Å². The van der Waals surface area contributed by atoms with Gasteiger partial charge in [0, 0.05) is 18.9 Å². The Morgan fingerprint density at radius 2 is 1.90 bits per heavy atom. The van der Waals surface area contributed by atoms with E-state index in [4.69, 9.17) is 15.2 Å². The van der Waals surface area contributed by atoms with Crippen LogP contribution in [0.4, 0.5) is 0 Å². The molecule has 0 spiro atoms. The van der Waals surface area contributed by atoms with Crippen LogP contribution in [0, 0.1) is 11.8 Å². The number of carbonyl (C=O) groups is 2. The molecule has 2 aliphatic heterocycles. The van der Waals surface area contributed by atoms with Crippen LogP contribution in [-0.4, -0.2) is 55.0 Å². The number of primary amides is 1. The number of fused-ring (bicyclic) bond motifs is 1. The number of carbonyl (C=O) groups excluding carboxylic acids is 2. The minimum Gasteiger partial charge on any atom is -0.496 e. The molecule has 1 saturated heterocycles. The van der Waals surface area contributed by atoms with Crippen molar-refractivity contribution in [2.24, 2.45) is 17.6 Å². The molecule has 1 amide bonds. The van der Waals surface area contributed by atoms with Gasteiger partial charge in [-0.25, -0.2) is 0 Å². The lowest BCUT2D eigenvalue weighted by Crippen LogP contribution is -2.43. The van der Waals surface area contributed by atoms with Gasteiger partial charge in [0.05, 0.1) is 30.5 Å². The summed E-state index contributed by atoms with van der Waals surface area (Å²) in [6, 6.07) is 9.74. The van der Waals surface area contributed by atoms with Gasteiger partial charge in [-0.05, 0) is 44.3 Å². The van der Waals surface area contributed by atoms with Gasteiger partial charge in [-0.1, -0.05) is 30.3 Å². The van der Waals surface area contributed by atoms with Gasteiger partial charge >= 0.3 is 0 Å². The fourth-order valence-corrected chi connectivity index (χ4v) is 4.73. The van der Waals surface area contributed by atoms with Gasteiger partial charge in [0.25, 0.3) is 0 Å². The van der Waals surface area contributed by atoms with Gasteiger partial charge < -0.3 is 20.1 Å². The normalized spacial score (nSPS) is 28.3. The van der Waals surface area contributed by atoms with Crippen LogP contribution in [0.25, 0.3) is 5.57 Å². The molecule has 0 bridgehead atoms. The average Bonchev–Trinajstić information content (AvgIpc) is 2.75. The molecule has 6 nitrogen and oxygen atoms in total. The highest BCUT2D eigenvalue weighted by atomic mass is 16.5. The topological polar surface area (TPSA) is 81.9 Å². The summed E-state index contributed by atoms with van der Waals surface area (Å²) in [4.78, 5) is 26.5. The van der Waals surface area contributed by atoms with E-state index < -0.39 is 0 Å². The maximum Gasteiger partial charge on any atom is 0.220 e. The van der Waals surface area contributed by atoms with Gasteiger partial charge in [-0.15, -0.1) is 0 Å². The van der Waals surface area contributed by atoms with Crippen molar-refractivity contribution in [2.45, 2.75) is 44.3 Å². The van der Waals surface area contributed by atoms with E-state index in [9.17, 15) is 9.59 Å². The summed E-state index contributed by atoms with van der Waals surface area (Å²) in [6.07, 6.45) is 5.84. The molecule has 2 N–H and O–H groups in total. The summed E-state index contributed by atoms with van der Waals surface area (Å²) in [5, 5.41) is 0. The van der Waals surface area contributed by atoms with E-state index >= 15 is 0 Å². The van der Waals surface area contributed by atoms with Gasteiger partial charge in [0.1, 0.15) is 6.10 Å². The molecule has 2 fully saturated rings. The first-order valence-electron chi connectivity index (χ1n) is 10.7. The molecular weight excluding hydrogens is 368 g/mol. The second-order valence-electron chi connectivity index (χ2n) is 8.37. The summed E-state index contributed by atoms with van der Waals surface area (Å²) in [7, 11) is 0. The number of nitrogens with zero attached hydrogens (tertiary/aromatic N) is 1. The molecule has 156 valence electrons. The van der Waals surface area contributed by atoms with Crippen molar-refractivity contribution in [1.82, 2.24) is 4.90 Å². The predicted octanol–water partition coefficient (Wildman–Crippen LogP) is 2.38. The molecule has 1 saturated carbocycles. The Labute approximate surface area is 172 Å². The van der Waals surface area contributed by atoms with E-state index in [1.54, 1.807) is 6.26 Å². The van der Waals surface area contributed by atoms with Gasteiger partial charge in [0.15, 0.2) is 5.78 Å². The van der Waals surface area contributed by atoms with Crippen molar-refractivity contribution in [3.8, 4) is 0 Å². The number of nitrogens with two attached hydrogens (primary N) is 1. The highest BCUT2D eigenvalue weighted by Gasteiger charge is 2.40. The van der Waals surface area contributed by atoms with E-state index in [-0.39, 0.29) is 35.7 Å². The Hall–Kier alpha value is -2.18. The zero-order valence-corrected chi connectivity index (χ0v) is 16.8. The van der Waals surface area contributed by atoms with Crippen LogP contribution >= 0.6 is 0 Å². The van der Waals surface area contributed by atoms with E-state index in [0.717, 1.165) is 57.3 Å². The number of amides is 1. The maximum absolute atomic E-state index is 12.9. The number of piperidine rings is 1. The van der Waals surface area contributed by atoms with Crippen molar-refractivity contribution in [1.29, 1.82) is 0 Å². The second-order valence-corrected chi connectivity index (χ2v) is 8.37. The lowest BCUT2D eigenvalue weighted by Gasteiger charge is -2.38. The minimum absolute atomic E-state index is 0.0252. The molecular formula is C23H30N2O4. The third-order valence-corrected chi connectivity index (χ3v) is 6.54. The number of hydrogen-bond donors (Lipinski definition) is 1. The standard InChI is InChI=1S/C23H30N2O4/c24-23(27)17-8-10-25(11-9-17)12-13-28-18-6-7-19-21(14-18)29-15-20(22(19)26)16-4-2-1-3-5-16/h1-5,15,17-19,21H,6-14H2,(H2,24,27). The van der Waals surface area contributed by atoms with Crippen LogP contribution in [0.3, 0.4) is 0 Å². The molecule has 4 rings (SSSR count). The molecule has 1 aliphatic carbocycles. The first-order valence-corrected chi connectivity index (χ1v) is 10.7. The summed E-state index contributed by atoms with van der Waals surface area (Å²) in [5.41, 5.74) is 7.00. The molecule has 3 unspecified atom stereocenters. The largest absolute Gasteiger partial charge is 0.496 e. The van der Waals surface area contributed by atoms with E-state index in [2.05, 4.69) is 4.90 Å². The zero-order chi connectivity index (χ0) is 20.2. The number of ketones is 1. The smallest absolute Gasteiger partial charge is 0.220 e. The molecule has 1 aromatic rings. The van der Waals surface area contributed by atoms with Crippen LogP contribution < -0.4 is 5.73 Å². The lowest BCUT2D eigenvalue weighted by molar-refractivity contribution is -0.128. The summed E-state index contributed by atoms with van der Waals surface area (Å²) in [5.74, 6) is -0.0208. The fourth-order valence-electron chi connectivity index (χ4n) is 4.73. The summed E-state index contributed by atoms with van der Waals surface area (Å²) < 4.78 is 12.1. The van der Waals surface area contributed by atoms with Crippen molar-refractivity contribution in [3.05, 3.63) is 42.2 Å². The minimum atomic E-state index is -0.177. The average molecular weight is 399 g/mol. The maximum atomic E-state index is 12.9. The molecule has 0 radical (unpaired) electrons. The fraction of sp³-hybridized carbons (Fsp3) is 0.565.